The van der Waals surface area contributed by atoms with Crippen molar-refractivity contribution in [3.63, 3.8) is 0 Å². The third kappa shape index (κ3) is 61.9. The molecule has 0 fully saturated rings. The minimum absolute atomic E-state index is 0. The van der Waals surface area contributed by atoms with Crippen LogP contribution >= 0.6 is 0 Å². The first-order chi connectivity index (χ1) is 25.1. The molecule has 0 saturated heterocycles. The fourth-order valence-corrected chi connectivity index (χ4v) is 7.33. The number of hydrogen-bond acceptors (Lipinski definition) is 8. The molecule has 0 aromatic rings. The smallest absolute Gasteiger partial charge is 0.726 e. The van der Waals surface area contributed by atoms with E-state index in [1.807, 2.05) is 0 Å². The van der Waals surface area contributed by atoms with Gasteiger partial charge < -0.3 is 9.11 Å². The topological polar surface area (TPSA) is 133 Å². The molecule has 8 nitrogen and oxygen atoms in total. The molecule has 0 spiro atoms. The first-order valence-corrected chi connectivity index (χ1v) is 25.0. The molecule has 0 N–H and O–H groups in total. The van der Waals surface area contributed by atoms with E-state index in [4.69, 9.17) is 0 Å². The van der Waals surface area contributed by atoms with Crippen LogP contribution in [-0.4, -0.2) is 62.2 Å². The van der Waals surface area contributed by atoms with E-state index in [9.17, 15) is 25.9 Å². The summed E-state index contributed by atoms with van der Waals surface area (Å²) in [4.78, 5) is 0. The molecular formula is C42H86MgO8S2. The van der Waals surface area contributed by atoms with E-state index >= 15 is 0 Å². The second-order valence-corrected chi connectivity index (χ2v) is 17.3. The summed E-state index contributed by atoms with van der Waals surface area (Å²) in [6.07, 6.45) is 49.4. The summed E-state index contributed by atoms with van der Waals surface area (Å²) in [5.41, 5.74) is 0. The molecule has 0 saturated carbocycles. The van der Waals surface area contributed by atoms with Crippen LogP contribution in [0.2, 0.25) is 0 Å². The first-order valence-electron chi connectivity index (χ1n) is 22.3. The summed E-state index contributed by atoms with van der Waals surface area (Å²) in [5.74, 6) is 0. The average Bonchev–Trinajstić information content (AvgIpc) is 3.09. The van der Waals surface area contributed by atoms with Crippen molar-refractivity contribution in [3.05, 3.63) is 0 Å². The van der Waals surface area contributed by atoms with Crippen LogP contribution in [-0.2, 0) is 29.2 Å². The second-order valence-electron chi connectivity index (χ2n) is 15.2. The molecule has 0 aromatic heterocycles. The Bertz CT molecular complexity index is 816. The Labute approximate surface area is 347 Å². The van der Waals surface area contributed by atoms with Gasteiger partial charge in [0.15, 0.2) is 0 Å². The van der Waals surface area contributed by atoms with Gasteiger partial charge in [0.05, 0.1) is 13.2 Å². The zero-order valence-electron chi connectivity index (χ0n) is 35.1. The van der Waals surface area contributed by atoms with Crippen LogP contribution < -0.4 is 0 Å². The molecule has 0 bridgehead atoms. The van der Waals surface area contributed by atoms with E-state index in [0.717, 1.165) is 25.7 Å². The first kappa shape index (κ1) is 57.8. The van der Waals surface area contributed by atoms with Gasteiger partial charge in [0.2, 0.25) is 20.8 Å². The molecule has 0 heterocycles. The van der Waals surface area contributed by atoms with Crippen molar-refractivity contribution in [2.75, 3.05) is 13.2 Å². The quantitative estimate of drug-likeness (QED) is 0.0258. The van der Waals surface area contributed by atoms with Crippen LogP contribution in [0.3, 0.4) is 0 Å². The summed E-state index contributed by atoms with van der Waals surface area (Å²) in [7, 11) is -9.00. The Morgan fingerprint density at radius 2 is 0.415 bits per heavy atom. The van der Waals surface area contributed by atoms with Crippen LogP contribution in [0.15, 0.2) is 0 Å². The number of hydrogen-bond donors (Lipinski definition) is 0. The standard InChI is InChI=1S/2C21H44O4S.Mg/c2*1-2-3-4-5-6-7-8-9-10-11-12-13-14-15-16-17-18-19-20-21-25-26(22,23)24;/h2*2-21H2,1H3,(H,22,23,24);/q;;+2/p-2. The van der Waals surface area contributed by atoms with Crippen molar-refractivity contribution in [1.82, 2.24) is 0 Å². The van der Waals surface area contributed by atoms with Crippen LogP contribution in [0.5, 0.6) is 0 Å². The van der Waals surface area contributed by atoms with Gasteiger partial charge in [-0.3, -0.25) is 8.37 Å². The molecule has 0 rings (SSSR count). The van der Waals surface area contributed by atoms with Gasteiger partial charge in [0.1, 0.15) is 0 Å². The Morgan fingerprint density at radius 1 is 0.283 bits per heavy atom. The molecule has 11 heteroatoms. The number of unbranched alkanes of at least 4 members (excludes halogenated alkanes) is 36. The zero-order valence-corrected chi connectivity index (χ0v) is 38.1. The Morgan fingerprint density at radius 3 is 0.547 bits per heavy atom. The van der Waals surface area contributed by atoms with Gasteiger partial charge in [-0.2, -0.15) is 0 Å². The van der Waals surface area contributed by atoms with E-state index in [1.54, 1.807) is 0 Å². The van der Waals surface area contributed by atoms with Crippen molar-refractivity contribution in [3.8, 4) is 0 Å². The Hall–Kier alpha value is 0.506. The molecule has 0 radical (unpaired) electrons. The van der Waals surface area contributed by atoms with Gasteiger partial charge in [0, 0.05) is 0 Å². The largest absolute Gasteiger partial charge is 2.00 e. The Balaban J connectivity index is -0.000000926. The maximum Gasteiger partial charge on any atom is 2.00 e. The van der Waals surface area contributed by atoms with Crippen LogP contribution in [0.4, 0.5) is 0 Å². The van der Waals surface area contributed by atoms with Crippen LogP contribution in [0, 0.1) is 0 Å². The van der Waals surface area contributed by atoms with Gasteiger partial charge in [0.25, 0.3) is 0 Å². The second kappa shape index (κ2) is 46.9. The van der Waals surface area contributed by atoms with E-state index in [-0.39, 0.29) is 36.3 Å². The zero-order chi connectivity index (χ0) is 38.7. The minimum atomic E-state index is -4.50. The van der Waals surface area contributed by atoms with E-state index < -0.39 is 20.8 Å². The summed E-state index contributed by atoms with van der Waals surface area (Å²) < 4.78 is 69.8. The summed E-state index contributed by atoms with van der Waals surface area (Å²) in [5, 5.41) is 0. The molecule has 0 atom stereocenters. The van der Waals surface area contributed by atoms with Crippen molar-refractivity contribution in [2.24, 2.45) is 0 Å². The molecule has 0 aromatic carbocycles. The van der Waals surface area contributed by atoms with Crippen molar-refractivity contribution in [1.29, 1.82) is 0 Å². The van der Waals surface area contributed by atoms with Gasteiger partial charge in [-0.15, -0.1) is 0 Å². The molecular weight excluding hydrogens is 721 g/mol. The number of rotatable bonds is 42. The summed E-state index contributed by atoms with van der Waals surface area (Å²) in [6, 6.07) is 0. The Kier molecular flexibility index (Phi) is 51.2. The fraction of sp³-hybridized carbons (Fsp3) is 1.00. The molecule has 53 heavy (non-hydrogen) atoms. The monoisotopic (exact) mass is 807 g/mol. The summed E-state index contributed by atoms with van der Waals surface area (Å²) in [6.45, 7) is 4.61. The SMILES string of the molecule is CCCCCCCCCCCCCCCCCCCCCOS(=O)(=O)[O-].CCCCCCCCCCCCCCCCCCCCCOS(=O)(=O)[O-].[Mg+2]. The van der Waals surface area contributed by atoms with Crippen LogP contribution in [0.1, 0.15) is 258 Å². The van der Waals surface area contributed by atoms with Gasteiger partial charge >= 0.3 is 23.1 Å². The van der Waals surface area contributed by atoms with Crippen molar-refractivity contribution >= 4 is 43.9 Å². The van der Waals surface area contributed by atoms with E-state index in [0.29, 0.717) is 12.8 Å². The third-order valence-electron chi connectivity index (χ3n) is 9.95. The maximum atomic E-state index is 10.2. The molecule has 0 amide bonds. The third-order valence-corrected chi connectivity index (χ3v) is 10.9. The van der Waals surface area contributed by atoms with Crippen LogP contribution in [0.25, 0.3) is 0 Å². The molecule has 0 aliphatic carbocycles. The van der Waals surface area contributed by atoms with E-state index in [2.05, 4.69) is 22.2 Å². The fourth-order valence-electron chi connectivity index (χ4n) is 6.68. The predicted octanol–water partition coefficient (Wildman–Crippen LogP) is 13.4. The maximum absolute atomic E-state index is 10.2. The van der Waals surface area contributed by atoms with Gasteiger partial charge in [-0.1, -0.05) is 245 Å². The molecule has 0 unspecified atom stereocenters. The molecule has 316 valence electrons. The normalized spacial score (nSPS) is 11.7. The van der Waals surface area contributed by atoms with Gasteiger partial charge in [-0.05, 0) is 12.8 Å². The molecule has 0 aliphatic heterocycles. The van der Waals surface area contributed by atoms with E-state index in [1.165, 1.54) is 205 Å². The predicted molar refractivity (Wildman–Crippen MR) is 224 cm³/mol. The minimum Gasteiger partial charge on any atom is -0.726 e. The van der Waals surface area contributed by atoms with Gasteiger partial charge in [-0.25, -0.2) is 16.8 Å². The molecule has 0 aliphatic rings. The summed E-state index contributed by atoms with van der Waals surface area (Å²) >= 11 is 0. The van der Waals surface area contributed by atoms with Crippen molar-refractivity contribution < 1.29 is 34.3 Å². The van der Waals surface area contributed by atoms with Crippen molar-refractivity contribution in [2.45, 2.75) is 258 Å². The average molecular weight is 808 g/mol.